The summed E-state index contributed by atoms with van der Waals surface area (Å²) in [6.45, 7) is 1.74. The fourth-order valence-electron chi connectivity index (χ4n) is 1.28. The molecule has 0 saturated carbocycles. The van der Waals surface area contributed by atoms with Crippen LogP contribution in [0.1, 0.15) is 18.5 Å². The Morgan fingerprint density at radius 1 is 1.65 bits per heavy atom. The van der Waals surface area contributed by atoms with Crippen molar-refractivity contribution in [2.45, 2.75) is 13.0 Å². The van der Waals surface area contributed by atoms with Crippen LogP contribution in [0, 0.1) is 11.2 Å². The van der Waals surface area contributed by atoms with E-state index in [1.165, 1.54) is 19.4 Å². The Kier molecular flexibility index (Phi) is 4.56. The maximum absolute atomic E-state index is 13.0. The van der Waals surface area contributed by atoms with Crippen molar-refractivity contribution in [1.82, 2.24) is 10.3 Å². The van der Waals surface area contributed by atoms with Gasteiger partial charge in [-0.3, -0.25) is 5.41 Å². The van der Waals surface area contributed by atoms with E-state index in [0.717, 1.165) is 12.3 Å². The van der Waals surface area contributed by atoms with E-state index in [-0.39, 0.29) is 6.04 Å². The Hall–Kier alpha value is -1.98. The minimum Gasteiger partial charge on any atom is -0.481 e. The summed E-state index contributed by atoms with van der Waals surface area (Å²) in [6.07, 6.45) is 3.29. The first kappa shape index (κ1) is 13.1. The predicted molar refractivity (Wildman–Crippen MR) is 60.3 cm³/mol. The molecule has 0 saturated heterocycles. The highest BCUT2D eigenvalue weighted by atomic mass is 19.1. The molecule has 92 valence electrons. The summed E-state index contributed by atoms with van der Waals surface area (Å²) in [7, 11) is 1.43. The molecule has 0 spiro atoms. The second-order valence-corrected chi connectivity index (χ2v) is 3.32. The molecule has 4 nitrogen and oxygen atoms in total. The molecule has 1 aromatic heterocycles. The Balaban J connectivity index is 2.83. The van der Waals surface area contributed by atoms with Crippen LogP contribution in [0.5, 0.6) is 5.88 Å². The minimum atomic E-state index is -1.06. The number of pyridine rings is 1. The molecule has 2 N–H and O–H groups in total. The van der Waals surface area contributed by atoms with Crippen molar-refractivity contribution < 1.29 is 13.5 Å². The molecule has 1 aromatic rings. The normalized spacial score (nSPS) is 12.5. The number of aromatic nitrogens is 1. The van der Waals surface area contributed by atoms with Crippen molar-refractivity contribution in [2.75, 3.05) is 7.11 Å². The standard InChI is InChI=1S/C11H13F2N3O/c1-7(15-4-3-10(13)14)9-5-8(12)6-16-11(9)17-2/h3-7,14-15H,1-2H3/b4-3-,14-10?/t7-/m0/s1. The van der Waals surface area contributed by atoms with Gasteiger partial charge in [-0.2, -0.15) is 4.39 Å². The summed E-state index contributed by atoms with van der Waals surface area (Å²) < 4.78 is 30.2. The largest absolute Gasteiger partial charge is 0.481 e. The van der Waals surface area contributed by atoms with Crippen LogP contribution in [0.2, 0.25) is 0 Å². The fraction of sp³-hybridized carbons (Fsp3) is 0.273. The van der Waals surface area contributed by atoms with Gasteiger partial charge in [0.05, 0.1) is 19.3 Å². The number of nitrogens with one attached hydrogen (secondary N) is 2. The number of ether oxygens (including phenoxy) is 1. The maximum atomic E-state index is 13.0. The van der Waals surface area contributed by atoms with Crippen molar-refractivity contribution in [1.29, 1.82) is 5.41 Å². The number of hydrogen-bond acceptors (Lipinski definition) is 4. The number of halogens is 2. The molecule has 0 aliphatic rings. The van der Waals surface area contributed by atoms with E-state index in [1.54, 1.807) is 6.92 Å². The minimum absolute atomic E-state index is 0.301. The van der Waals surface area contributed by atoms with Crippen LogP contribution in [0.3, 0.4) is 0 Å². The van der Waals surface area contributed by atoms with Crippen molar-refractivity contribution in [3.8, 4) is 5.88 Å². The molecular weight excluding hydrogens is 228 g/mol. The molecular formula is C11H13F2N3O. The highest BCUT2D eigenvalue weighted by Gasteiger charge is 2.12. The van der Waals surface area contributed by atoms with Gasteiger partial charge in [0.1, 0.15) is 5.82 Å². The number of rotatable bonds is 5. The lowest BCUT2D eigenvalue weighted by Crippen LogP contribution is -2.14. The molecule has 0 amide bonds. The van der Waals surface area contributed by atoms with Crippen molar-refractivity contribution in [2.24, 2.45) is 0 Å². The Morgan fingerprint density at radius 3 is 2.94 bits per heavy atom. The average molecular weight is 241 g/mol. The summed E-state index contributed by atoms with van der Waals surface area (Å²) in [5.41, 5.74) is 0.516. The lowest BCUT2D eigenvalue weighted by molar-refractivity contribution is 0.385. The van der Waals surface area contributed by atoms with Crippen LogP contribution >= 0.6 is 0 Å². The van der Waals surface area contributed by atoms with Crippen molar-refractivity contribution >= 4 is 5.97 Å². The van der Waals surface area contributed by atoms with E-state index in [4.69, 9.17) is 10.1 Å². The lowest BCUT2D eigenvalue weighted by Gasteiger charge is -2.14. The third kappa shape index (κ3) is 3.82. The molecule has 0 aromatic carbocycles. The summed E-state index contributed by atoms with van der Waals surface area (Å²) >= 11 is 0. The summed E-state index contributed by atoms with van der Waals surface area (Å²) in [6, 6.07) is 0.974. The fourth-order valence-corrected chi connectivity index (χ4v) is 1.28. The van der Waals surface area contributed by atoms with Gasteiger partial charge < -0.3 is 10.1 Å². The third-order valence-electron chi connectivity index (χ3n) is 2.08. The number of allylic oxidation sites excluding steroid dienone is 1. The van der Waals surface area contributed by atoms with E-state index in [1.807, 2.05) is 0 Å². The molecule has 0 aliphatic carbocycles. The quantitative estimate of drug-likeness (QED) is 0.778. The van der Waals surface area contributed by atoms with E-state index in [2.05, 4.69) is 10.3 Å². The van der Waals surface area contributed by atoms with Crippen LogP contribution in [0.15, 0.2) is 24.5 Å². The zero-order valence-corrected chi connectivity index (χ0v) is 9.50. The van der Waals surface area contributed by atoms with Gasteiger partial charge in [0.15, 0.2) is 0 Å². The second-order valence-electron chi connectivity index (χ2n) is 3.32. The Bertz CT molecular complexity index is 435. The highest BCUT2D eigenvalue weighted by molar-refractivity contribution is 5.83. The number of methoxy groups -OCH3 is 1. The van der Waals surface area contributed by atoms with E-state index >= 15 is 0 Å². The molecule has 0 bridgehead atoms. The molecule has 0 fully saturated rings. The molecule has 1 atom stereocenters. The number of nitrogens with zero attached hydrogens (tertiary/aromatic N) is 1. The van der Waals surface area contributed by atoms with Crippen molar-refractivity contribution in [3.05, 3.63) is 35.9 Å². The van der Waals surface area contributed by atoms with E-state index in [0.29, 0.717) is 11.4 Å². The first-order chi connectivity index (χ1) is 8.04. The molecule has 1 heterocycles. The van der Waals surface area contributed by atoms with Gasteiger partial charge in [-0.25, -0.2) is 9.37 Å². The van der Waals surface area contributed by atoms with Gasteiger partial charge in [-0.15, -0.1) is 0 Å². The lowest BCUT2D eigenvalue weighted by atomic mass is 10.1. The average Bonchev–Trinajstić information content (AvgIpc) is 2.28. The van der Waals surface area contributed by atoms with Crippen LogP contribution < -0.4 is 10.1 Å². The molecule has 0 unspecified atom stereocenters. The molecule has 6 heteroatoms. The van der Waals surface area contributed by atoms with Crippen LogP contribution in [0.4, 0.5) is 8.78 Å². The van der Waals surface area contributed by atoms with Crippen molar-refractivity contribution in [3.63, 3.8) is 0 Å². The monoisotopic (exact) mass is 241 g/mol. The third-order valence-corrected chi connectivity index (χ3v) is 2.08. The summed E-state index contributed by atoms with van der Waals surface area (Å²) in [5, 5.41) is 9.35. The van der Waals surface area contributed by atoms with Crippen LogP contribution in [-0.4, -0.2) is 18.1 Å². The maximum Gasteiger partial charge on any atom is 0.218 e. The zero-order valence-electron chi connectivity index (χ0n) is 9.50. The second kappa shape index (κ2) is 5.93. The number of hydrogen-bond donors (Lipinski definition) is 2. The van der Waals surface area contributed by atoms with Gasteiger partial charge in [-0.1, -0.05) is 0 Å². The van der Waals surface area contributed by atoms with Gasteiger partial charge in [0.2, 0.25) is 11.8 Å². The molecule has 17 heavy (non-hydrogen) atoms. The molecule has 0 aliphatic heterocycles. The topological polar surface area (TPSA) is 58.0 Å². The van der Waals surface area contributed by atoms with Gasteiger partial charge in [0, 0.05) is 17.8 Å². The Labute approximate surface area is 97.8 Å². The van der Waals surface area contributed by atoms with Crippen LogP contribution in [-0.2, 0) is 0 Å². The van der Waals surface area contributed by atoms with Crippen LogP contribution in [0.25, 0.3) is 0 Å². The summed E-state index contributed by atoms with van der Waals surface area (Å²) in [4.78, 5) is 3.78. The van der Waals surface area contributed by atoms with E-state index < -0.39 is 11.8 Å². The van der Waals surface area contributed by atoms with E-state index in [9.17, 15) is 8.78 Å². The summed E-state index contributed by atoms with van der Waals surface area (Å²) in [5.74, 6) is -1.24. The first-order valence-corrected chi connectivity index (χ1v) is 4.90. The Morgan fingerprint density at radius 2 is 2.35 bits per heavy atom. The molecule has 0 radical (unpaired) electrons. The smallest absolute Gasteiger partial charge is 0.218 e. The SMILES string of the molecule is COc1ncc(F)cc1[C@H](C)N/C=C\C(=N)F. The van der Waals surface area contributed by atoms with Gasteiger partial charge in [-0.05, 0) is 13.0 Å². The zero-order chi connectivity index (χ0) is 12.8. The first-order valence-electron chi connectivity index (χ1n) is 4.90. The molecule has 1 rings (SSSR count). The highest BCUT2D eigenvalue weighted by Crippen LogP contribution is 2.22. The van der Waals surface area contributed by atoms with Gasteiger partial charge in [0.25, 0.3) is 0 Å². The van der Waals surface area contributed by atoms with Gasteiger partial charge >= 0.3 is 0 Å². The predicted octanol–water partition coefficient (Wildman–Crippen LogP) is 2.34.